The number of carbonyl (C=O) groups excluding carboxylic acids is 1. The summed E-state index contributed by atoms with van der Waals surface area (Å²) >= 11 is 1.40. The summed E-state index contributed by atoms with van der Waals surface area (Å²) in [6.45, 7) is 9.13. The molecule has 5 aliphatic rings. The average Bonchev–Trinajstić information content (AvgIpc) is 3.75. The standard InChI is InChI=1S/C43H49N7O8S2/c1-27-30(19-45-50(27)26-42-21-40(2)20-41(3,22-42)24-43(23-40,25-42)58-15-12-44-13-17-60(54,55)56)29-9-10-31(46-36(29)37(51)52)28-8-11-34-33(18-28)49(14-16-57-34)39(53)48-38-47-32-6-4-5-7-35(32)59-38/h4-11,18-19,44H,12-17,20-26H2,1-3H3,(H,51,52)(H,47,48,53)(H,54,55,56). The molecule has 4 N–H and O–H groups in total. The van der Waals surface area contributed by atoms with Crippen molar-refractivity contribution in [3.05, 3.63) is 72.2 Å². The highest BCUT2D eigenvalue weighted by Gasteiger charge is 2.66. The fourth-order valence-corrected chi connectivity index (χ4v) is 12.9. The first-order valence-corrected chi connectivity index (χ1v) is 22.7. The predicted octanol–water partition coefficient (Wildman–Crippen LogP) is 7.27. The van der Waals surface area contributed by atoms with E-state index >= 15 is 0 Å². The lowest BCUT2D eigenvalue weighted by atomic mass is 9.39. The van der Waals surface area contributed by atoms with Gasteiger partial charge in [-0.1, -0.05) is 37.3 Å². The number of rotatable bonds is 13. The van der Waals surface area contributed by atoms with Crippen molar-refractivity contribution in [1.82, 2.24) is 25.1 Å². The Labute approximate surface area is 352 Å². The zero-order chi connectivity index (χ0) is 42.1. The van der Waals surface area contributed by atoms with Crippen molar-refractivity contribution < 1.29 is 37.1 Å². The van der Waals surface area contributed by atoms with E-state index in [0.717, 1.165) is 54.4 Å². The Hall–Kier alpha value is -4.94. The van der Waals surface area contributed by atoms with Crippen LogP contribution in [0.1, 0.15) is 68.6 Å². The summed E-state index contributed by atoms with van der Waals surface area (Å²) in [4.78, 5) is 37.3. The molecule has 4 heterocycles. The first kappa shape index (κ1) is 40.5. The molecule has 2 atom stereocenters. The predicted molar refractivity (Wildman–Crippen MR) is 228 cm³/mol. The van der Waals surface area contributed by atoms with Crippen LogP contribution in [0.3, 0.4) is 0 Å². The molecule has 0 spiro atoms. The maximum Gasteiger partial charge on any atom is 0.355 e. The number of fused-ring (bicyclic) bond motifs is 2. The summed E-state index contributed by atoms with van der Waals surface area (Å²) in [5.74, 6) is -0.965. The number of ether oxygens (including phenoxy) is 2. The highest BCUT2D eigenvalue weighted by Crippen LogP contribution is 2.72. The molecule has 10 rings (SSSR count). The van der Waals surface area contributed by atoms with E-state index in [9.17, 15) is 23.1 Å². The van der Waals surface area contributed by atoms with Gasteiger partial charge in [-0.2, -0.15) is 13.5 Å². The number of hydrogen-bond acceptors (Lipinski definition) is 11. The van der Waals surface area contributed by atoms with Crippen LogP contribution >= 0.6 is 11.3 Å². The number of hydrogen-bond donors (Lipinski definition) is 4. The Kier molecular flexibility index (Phi) is 10.1. The van der Waals surface area contributed by atoms with Crippen molar-refractivity contribution >= 4 is 54.5 Å². The topological polar surface area (TPSA) is 198 Å². The van der Waals surface area contributed by atoms with E-state index in [-0.39, 0.29) is 45.9 Å². The highest BCUT2D eigenvalue weighted by molar-refractivity contribution is 7.85. The normalized spacial score (nSPS) is 25.6. The number of pyridine rings is 1. The Morgan fingerprint density at radius 3 is 2.50 bits per heavy atom. The number of aromatic nitrogens is 4. The van der Waals surface area contributed by atoms with Gasteiger partial charge in [-0.3, -0.25) is 19.5 Å². The summed E-state index contributed by atoms with van der Waals surface area (Å²) in [6.07, 6.45) is 7.79. The molecule has 17 heteroatoms. The van der Waals surface area contributed by atoms with Gasteiger partial charge in [0.1, 0.15) is 12.4 Å². The van der Waals surface area contributed by atoms with Crippen LogP contribution in [0.2, 0.25) is 0 Å². The molecule has 1 aliphatic heterocycles. The molecule has 15 nitrogen and oxygen atoms in total. The minimum absolute atomic E-state index is 0.0717. The highest BCUT2D eigenvalue weighted by atomic mass is 32.2. The Morgan fingerprint density at radius 2 is 1.75 bits per heavy atom. The van der Waals surface area contributed by atoms with Gasteiger partial charge in [-0.05, 0) is 104 Å². The summed E-state index contributed by atoms with van der Waals surface area (Å²) in [5, 5.41) is 21.9. The van der Waals surface area contributed by atoms with Crippen LogP contribution in [0.15, 0.2) is 60.8 Å². The molecule has 0 saturated heterocycles. The van der Waals surface area contributed by atoms with E-state index in [0.29, 0.717) is 71.8 Å². The fourth-order valence-electron chi connectivity index (χ4n) is 11.7. The second-order valence-corrected chi connectivity index (χ2v) is 20.7. The number of thiazole rings is 1. The molecule has 2 aromatic carbocycles. The SMILES string of the molecule is Cc1c(-c2ccc(-c3ccc4c(c3)N(C(=O)Nc3nc5ccccc5s3)CCO4)nc2C(=O)O)cnn1CC12CC3(C)CC(C)(C1)CC(OCCNCCS(=O)(=O)O)(C3)C2. The molecule has 3 aromatic heterocycles. The average molecular weight is 856 g/mol. The Balaban J connectivity index is 0.942. The third-order valence-electron chi connectivity index (χ3n) is 12.7. The lowest BCUT2D eigenvalue weighted by Crippen LogP contribution is -2.64. The molecular weight excluding hydrogens is 807 g/mol. The number of aromatic carboxylic acids is 1. The van der Waals surface area contributed by atoms with E-state index in [1.54, 1.807) is 35.4 Å². The van der Waals surface area contributed by atoms with Gasteiger partial charge in [-0.25, -0.2) is 19.6 Å². The fraction of sp³-hybridized carbons (Fsp3) is 0.465. The minimum atomic E-state index is -4.02. The summed E-state index contributed by atoms with van der Waals surface area (Å²) < 4.78 is 46.9. The third kappa shape index (κ3) is 7.88. The molecule has 2 amide bonds. The minimum Gasteiger partial charge on any atom is -0.490 e. The van der Waals surface area contributed by atoms with E-state index in [1.807, 2.05) is 41.9 Å². The number of anilines is 2. The van der Waals surface area contributed by atoms with E-state index < -0.39 is 16.1 Å². The lowest BCUT2D eigenvalue weighted by Gasteiger charge is -2.69. The van der Waals surface area contributed by atoms with Gasteiger partial charge in [0.05, 0.1) is 52.3 Å². The van der Waals surface area contributed by atoms with Gasteiger partial charge < -0.3 is 19.9 Å². The number of carboxylic acids is 1. The zero-order valence-corrected chi connectivity index (χ0v) is 35.5. The van der Waals surface area contributed by atoms with Crippen molar-refractivity contribution in [1.29, 1.82) is 0 Å². The maximum absolute atomic E-state index is 13.6. The quantitative estimate of drug-likeness (QED) is 0.0684. The third-order valence-corrected chi connectivity index (χ3v) is 14.4. The van der Waals surface area contributed by atoms with Gasteiger partial charge in [-0.15, -0.1) is 0 Å². The molecular formula is C43H49N7O8S2. The van der Waals surface area contributed by atoms with Crippen LogP contribution in [0, 0.1) is 23.2 Å². The van der Waals surface area contributed by atoms with Crippen LogP contribution in [0.4, 0.5) is 15.6 Å². The first-order valence-electron chi connectivity index (χ1n) is 20.3. The second-order valence-electron chi connectivity index (χ2n) is 18.0. The van der Waals surface area contributed by atoms with Crippen molar-refractivity contribution in [2.75, 3.05) is 48.8 Å². The van der Waals surface area contributed by atoms with Crippen LogP contribution in [0.25, 0.3) is 32.6 Å². The number of nitrogens with zero attached hydrogens (tertiary/aromatic N) is 5. The molecule has 4 saturated carbocycles. The summed E-state index contributed by atoms with van der Waals surface area (Å²) in [6, 6.07) is 16.3. The van der Waals surface area contributed by atoms with E-state index in [1.165, 1.54) is 11.3 Å². The lowest BCUT2D eigenvalue weighted by molar-refractivity contribution is -0.247. The largest absolute Gasteiger partial charge is 0.490 e. The van der Waals surface area contributed by atoms with Crippen molar-refractivity contribution in [2.24, 2.45) is 16.2 Å². The number of nitrogens with one attached hydrogen (secondary N) is 2. The molecule has 4 bridgehead atoms. The van der Waals surface area contributed by atoms with E-state index in [2.05, 4.69) is 34.4 Å². The second kappa shape index (κ2) is 14.9. The van der Waals surface area contributed by atoms with Crippen LogP contribution in [0.5, 0.6) is 5.75 Å². The van der Waals surface area contributed by atoms with Crippen molar-refractivity contribution in [3.63, 3.8) is 0 Å². The van der Waals surface area contributed by atoms with Crippen LogP contribution in [-0.2, 0) is 21.4 Å². The van der Waals surface area contributed by atoms with Crippen LogP contribution < -0.4 is 20.3 Å². The summed E-state index contributed by atoms with van der Waals surface area (Å²) in [7, 11) is -4.02. The molecule has 60 heavy (non-hydrogen) atoms. The van der Waals surface area contributed by atoms with Gasteiger partial charge in [0.15, 0.2) is 10.8 Å². The number of urea groups is 1. The number of para-hydroxylation sites is 1. The van der Waals surface area contributed by atoms with Crippen molar-refractivity contribution in [2.45, 2.75) is 71.4 Å². The number of amides is 2. The number of carboxylic acid groups (broad SMARTS) is 1. The molecule has 2 unspecified atom stereocenters. The molecule has 316 valence electrons. The molecule has 5 aromatic rings. The van der Waals surface area contributed by atoms with E-state index in [4.69, 9.17) is 19.1 Å². The first-order chi connectivity index (χ1) is 28.5. The van der Waals surface area contributed by atoms with Crippen LogP contribution in [-0.4, -0.2) is 94.0 Å². The molecule has 0 radical (unpaired) electrons. The zero-order valence-electron chi connectivity index (χ0n) is 33.9. The Morgan fingerprint density at radius 1 is 0.967 bits per heavy atom. The van der Waals surface area contributed by atoms with Gasteiger partial charge in [0.2, 0.25) is 0 Å². The van der Waals surface area contributed by atoms with Gasteiger partial charge in [0.25, 0.3) is 10.1 Å². The molecule has 4 aliphatic carbocycles. The monoisotopic (exact) mass is 855 g/mol. The maximum atomic E-state index is 13.6. The smallest absolute Gasteiger partial charge is 0.355 e. The van der Waals surface area contributed by atoms with Crippen molar-refractivity contribution in [3.8, 4) is 28.1 Å². The summed E-state index contributed by atoms with van der Waals surface area (Å²) in [5.41, 5.74) is 4.18. The van der Waals surface area contributed by atoms with Gasteiger partial charge in [0, 0.05) is 42.0 Å². The Bertz CT molecular complexity index is 2570. The number of benzene rings is 2. The molecule has 4 fully saturated rings. The number of carbonyl (C=O) groups is 2. The van der Waals surface area contributed by atoms with Gasteiger partial charge >= 0.3 is 12.0 Å².